The second kappa shape index (κ2) is 4.86. The van der Waals surface area contributed by atoms with Crippen LogP contribution in [0.1, 0.15) is 0 Å². The van der Waals surface area contributed by atoms with Crippen molar-refractivity contribution in [3.05, 3.63) is 50.8 Å². The zero-order valence-electron chi connectivity index (χ0n) is 7.92. The second-order valence-electron chi connectivity index (χ2n) is 2.91. The molecule has 1 heterocycles. The first-order valence-corrected chi connectivity index (χ1v) is 6.39. The molecule has 0 aliphatic carbocycles. The van der Waals surface area contributed by atoms with E-state index in [0.29, 0.717) is 9.23 Å². The lowest BCUT2D eigenvalue weighted by molar-refractivity contribution is -0.387. The molecule has 2 rings (SSSR count). The third-order valence-electron chi connectivity index (χ3n) is 1.81. The van der Waals surface area contributed by atoms with Crippen LogP contribution in [-0.2, 0) is 0 Å². The molecule has 0 aliphatic rings. The van der Waals surface area contributed by atoms with E-state index in [-0.39, 0.29) is 10.6 Å². The predicted molar refractivity (Wildman–Crippen MR) is 66.5 cm³/mol. The maximum atomic E-state index is 10.7. The van der Waals surface area contributed by atoms with Gasteiger partial charge in [0.25, 0.3) is 5.69 Å². The Kier molecular flexibility index (Phi) is 3.48. The summed E-state index contributed by atoms with van der Waals surface area (Å²) in [4.78, 5) is 11.2. The van der Waals surface area contributed by atoms with Crippen LogP contribution in [0.2, 0.25) is 5.02 Å². The highest BCUT2D eigenvalue weighted by atomic mass is 35.5. The van der Waals surface area contributed by atoms with Gasteiger partial charge in [0.2, 0.25) is 0 Å². The van der Waals surface area contributed by atoms with Crippen molar-refractivity contribution in [2.45, 2.75) is 9.10 Å². The molecule has 6 heteroatoms. The van der Waals surface area contributed by atoms with E-state index in [9.17, 15) is 10.1 Å². The summed E-state index contributed by atoms with van der Waals surface area (Å²) >= 11 is 8.56. The first kappa shape index (κ1) is 11.4. The average molecular weight is 272 g/mol. The van der Waals surface area contributed by atoms with Gasteiger partial charge in [-0.3, -0.25) is 10.1 Å². The molecule has 82 valence electrons. The monoisotopic (exact) mass is 271 g/mol. The summed E-state index contributed by atoms with van der Waals surface area (Å²) in [6, 6.07) is 8.77. The van der Waals surface area contributed by atoms with E-state index in [2.05, 4.69) is 0 Å². The SMILES string of the molecule is O=[N+]([O-])c1ccsc1Sc1cccc(Cl)c1. The number of halogens is 1. The number of hydrogen-bond donors (Lipinski definition) is 0. The molecule has 3 nitrogen and oxygen atoms in total. The molecular formula is C10H6ClNO2S2. The number of rotatable bonds is 3. The molecule has 0 amide bonds. The Bertz CT molecular complexity index is 527. The summed E-state index contributed by atoms with van der Waals surface area (Å²) in [5, 5.41) is 13.1. The van der Waals surface area contributed by atoms with Gasteiger partial charge in [0, 0.05) is 16.0 Å². The van der Waals surface area contributed by atoms with Gasteiger partial charge in [-0.05, 0) is 23.6 Å². The molecule has 0 atom stereocenters. The molecule has 0 N–H and O–H groups in total. The van der Waals surface area contributed by atoms with Crippen LogP contribution >= 0.6 is 34.7 Å². The van der Waals surface area contributed by atoms with Crippen LogP contribution in [0.4, 0.5) is 5.69 Å². The average Bonchev–Trinajstić information content (AvgIpc) is 2.66. The maximum absolute atomic E-state index is 10.7. The van der Waals surface area contributed by atoms with Crippen molar-refractivity contribution in [2.24, 2.45) is 0 Å². The molecule has 0 unspecified atom stereocenters. The van der Waals surface area contributed by atoms with Gasteiger partial charge in [-0.2, -0.15) is 0 Å². The Morgan fingerprint density at radius 3 is 2.88 bits per heavy atom. The fourth-order valence-corrected chi connectivity index (χ4v) is 3.42. The molecule has 0 bridgehead atoms. The van der Waals surface area contributed by atoms with Crippen LogP contribution < -0.4 is 0 Å². The zero-order chi connectivity index (χ0) is 11.5. The lowest BCUT2D eigenvalue weighted by atomic mass is 10.4. The lowest BCUT2D eigenvalue weighted by Gasteiger charge is -1.98. The minimum absolute atomic E-state index is 0.148. The predicted octanol–water partition coefficient (Wildman–Crippen LogP) is 4.46. The third kappa shape index (κ3) is 2.55. The largest absolute Gasteiger partial charge is 0.294 e. The topological polar surface area (TPSA) is 43.1 Å². The molecule has 0 saturated heterocycles. The normalized spacial score (nSPS) is 10.3. The van der Waals surface area contributed by atoms with Gasteiger partial charge in [-0.15, -0.1) is 11.3 Å². The summed E-state index contributed by atoms with van der Waals surface area (Å²) in [6.07, 6.45) is 0. The Morgan fingerprint density at radius 2 is 2.19 bits per heavy atom. The molecule has 0 fully saturated rings. The highest BCUT2D eigenvalue weighted by molar-refractivity contribution is 8.01. The number of nitro groups is 1. The van der Waals surface area contributed by atoms with Crippen LogP contribution in [-0.4, -0.2) is 4.92 Å². The Balaban J connectivity index is 2.27. The van der Waals surface area contributed by atoms with Crippen LogP contribution in [0.25, 0.3) is 0 Å². The molecule has 2 aromatic rings. The van der Waals surface area contributed by atoms with E-state index in [0.717, 1.165) is 4.90 Å². The van der Waals surface area contributed by atoms with E-state index < -0.39 is 0 Å². The van der Waals surface area contributed by atoms with E-state index in [4.69, 9.17) is 11.6 Å². The number of nitrogens with zero attached hydrogens (tertiary/aromatic N) is 1. The van der Waals surface area contributed by atoms with Crippen LogP contribution in [0.15, 0.2) is 44.8 Å². The molecule has 0 aliphatic heterocycles. The molecule has 0 radical (unpaired) electrons. The first-order chi connectivity index (χ1) is 7.66. The third-order valence-corrected chi connectivity index (χ3v) is 4.17. The van der Waals surface area contributed by atoms with Gasteiger partial charge in [0.1, 0.15) is 4.21 Å². The molecular weight excluding hydrogens is 266 g/mol. The summed E-state index contributed by atoms with van der Waals surface area (Å²) in [7, 11) is 0. The molecule has 0 spiro atoms. The van der Waals surface area contributed by atoms with Gasteiger partial charge in [-0.1, -0.05) is 29.4 Å². The van der Waals surface area contributed by atoms with Crippen molar-refractivity contribution in [3.63, 3.8) is 0 Å². The summed E-state index contributed by atoms with van der Waals surface area (Å²) in [5.74, 6) is 0. The van der Waals surface area contributed by atoms with Gasteiger partial charge in [0.05, 0.1) is 4.92 Å². The quantitative estimate of drug-likeness (QED) is 0.611. The minimum atomic E-state index is -0.372. The second-order valence-corrected chi connectivity index (χ2v) is 5.60. The Labute approximate surface area is 105 Å². The Morgan fingerprint density at radius 1 is 1.38 bits per heavy atom. The van der Waals surface area contributed by atoms with Crippen molar-refractivity contribution < 1.29 is 4.92 Å². The van der Waals surface area contributed by atoms with Gasteiger partial charge in [-0.25, -0.2) is 0 Å². The summed E-state index contributed by atoms with van der Waals surface area (Å²) in [6.45, 7) is 0. The van der Waals surface area contributed by atoms with Crippen molar-refractivity contribution >= 4 is 40.4 Å². The molecule has 0 saturated carbocycles. The lowest BCUT2D eigenvalue weighted by Crippen LogP contribution is -1.85. The van der Waals surface area contributed by atoms with Gasteiger partial charge >= 0.3 is 0 Å². The number of thiophene rings is 1. The molecule has 1 aromatic carbocycles. The van der Waals surface area contributed by atoms with Crippen molar-refractivity contribution in [3.8, 4) is 0 Å². The summed E-state index contributed by atoms with van der Waals surface area (Å²) in [5.41, 5.74) is 0.148. The van der Waals surface area contributed by atoms with Gasteiger partial charge < -0.3 is 0 Å². The van der Waals surface area contributed by atoms with Gasteiger partial charge in [0.15, 0.2) is 0 Å². The maximum Gasteiger partial charge on any atom is 0.294 e. The molecule has 1 aromatic heterocycles. The highest BCUT2D eigenvalue weighted by Gasteiger charge is 2.15. The van der Waals surface area contributed by atoms with Crippen LogP contribution in [0, 0.1) is 10.1 Å². The smallest absolute Gasteiger partial charge is 0.258 e. The highest BCUT2D eigenvalue weighted by Crippen LogP contribution is 2.39. The van der Waals surface area contributed by atoms with E-state index in [1.165, 1.54) is 29.2 Å². The van der Waals surface area contributed by atoms with Crippen molar-refractivity contribution in [1.29, 1.82) is 0 Å². The molecule has 16 heavy (non-hydrogen) atoms. The van der Waals surface area contributed by atoms with Crippen LogP contribution in [0.5, 0.6) is 0 Å². The zero-order valence-corrected chi connectivity index (χ0v) is 10.3. The Hall–Kier alpha value is -1.04. The fraction of sp³-hybridized carbons (Fsp3) is 0. The van der Waals surface area contributed by atoms with E-state index in [1.54, 1.807) is 17.5 Å². The van der Waals surface area contributed by atoms with Crippen molar-refractivity contribution in [2.75, 3.05) is 0 Å². The van der Waals surface area contributed by atoms with Crippen LogP contribution in [0.3, 0.4) is 0 Å². The van der Waals surface area contributed by atoms with E-state index in [1.807, 2.05) is 12.1 Å². The van der Waals surface area contributed by atoms with E-state index >= 15 is 0 Å². The minimum Gasteiger partial charge on any atom is -0.258 e. The summed E-state index contributed by atoms with van der Waals surface area (Å²) < 4.78 is 0.673. The standard InChI is InChI=1S/C10H6ClNO2S2/c11-7-2-1-3-8(6-7)16-10-9(12(13)14)4-5-15-10/h1-6H. The fourth-order valence-electron chi connectivity index (χ4n) is 1.14. The first-order valence-electron chi connectivity index (χ1n) is 4.32. The number of hydrogen-bond acceptors (Lipinski definition) is 4. The number of benzene rings is 1. The van der Waals surface area contributed by atoms with Crippen molar-refractivity contribution in [1.82, 2.24) is 0 Å².